The molecule has 2 aliphatic rings. The number of anilines is 2. The first-order valence-electron chi connectivity index (χ1n) is 8.91. The zero-order chi connectivity index (χ0) is 19.7. The van der Waals surface area contributed by atoms with Crippen LogP contribution in [0.5, 0.6) is 11.5 Å². The summed E-state index contributed by atoms with van der Waals surface area (Å²) in [4.78, 5) is 38.9. The van der Waals surface area contributed by atoms with Gasteiger partial charge in [-0.25, -0.2) is 0 Å². The molecule has 2 aliphatic heterocycles. The summed E-state index contributed by atoms with van der Waals surface area (Å²) in [6.45, 7) is 0.0560. The maximum atomic E-state index is 13.0. The van der Waals surface area contributed by atoms with Gasteiger partial charge >= 0.3 is 0 Å². The summed E-state index contributed by atoms with van der Waals surface area (Å²) >= 11 is 0. The molecule has 0 spiro atoms. The second kappa shape index (κ2) is 7.22. The Morgan fingerprint density at radius 3 is 2.61 bits per heavy atom. The van der Waals surface area contributed by atoms with Crippen LogP contribution in [0.2, 0.25) is 0 Å². The summed E-state index contributed by atoms with van der Waals surface area (Å²) in [6.07, 6.45) is -1.93. The van der Waals surface area contributed by atoms with Gasteiger partial charge in [-0.2, -0.15) is 0 Å². The molecular formula is C20H19N3O5. The molecule has 2 N–H and O–H groups in total. The standard InChI is InChI=1S/C20H19N3O5/c1-21-19(25)17-11-23(13-7-3-5-9-15(13)28-17)18(24)10-16-20(26)22-12-6-2-4-8-14(12)27-16/h2-9,16-17H,10-11H2,1H3,(H,21,25)(H,22,26)/t16-,17-/m1/s1. The number of fused-ring (bicyclic) bond motifs is 2. The second-order valence-electron chi connectivity index (χ2n) is 6.49. The summed E-state index contributed by atoms with van der Waals surface area (Å²) in [6, 6.07) is 14.0. The Labute approximate surface area is 161 Å². The summed E-state index contributed by atoms with van der Waals surface area (Å²) in [5.41, 5.74) is 1.14. The minimum atomic E-state index is -0.948. The lowest BCUT2D eigenvalue weighted by Gasteiger charge is -2.35. The van der Waals surface area contributed by atoms with Gasteiger partial charge in [-0.3, -0.25) is 14.4 Å². The number of nitrogens with one attached hydrogen (secondary N) is 2. The maximum absolute atomic E-state index is 13.0. The molecule has 2 atom stereocenters. The number of ether oxygens (including phenoxy) is 2. The van der Waals surface area contributed by atoms with Gasteiger partial charge < -0.3 is 25.0 Å². The number of carbonyl (C=O) groups is 3. The van der Waals surface area contributed by atoms with Crippen molar-refractivity contribution in [3.8, 4) is 11.5 Å². The fourth-order valence-corrected chi connectivity index (χ4v) is 3.26. The lowest BCUT2D eigenvalue weighted by Crippen LogP contribution is -2.51. The zero-order valence-corrected chi connectivity index (χ0v) is 15.2. The molecule has 2 aromatic carbocycles. The van der Waals surface area contributed by atoms with Gasteiger partial charge in [-0.1, -0.05) is 24.3 Å². The van der Waals surface area contributed by atoms with E-state index in [9.17, 15) is 14.4 Å². The average Bonchev–Trinajstić information content (AvgIpc) is 2.72. The fraction of sp³-hybridized carbons (Fsp3) is 0.250. The number of hydrogen-bond donors (Lipinski definition) is 2. The highest BCUT2D eigenvalue weighted by atomic mass is 16.5. The summed E-state index contributed by atoms with van der Waals surface area (Å²) in [7, 11) is 1.51. The molecule has 8 nitrogen and oxygen atoms in total. The first-order chi connectivity index (χ1) is 13.6. The van der Waals surface area contributed by atoms with E-state index in [-0.39, 0.29) is 30.7 Å². The highest BCUT2D eigenvalue weighted by Crippen LogP contribution is 2.35. The quantitative estimate of drug-likeness (QED) is 0.836. The Morgan fingerprint density at radius 2 is 1.82 bits per heavy atom. The number of nitrogens with zero attached hydrogens (tertiary/aromatic N) is 1. The molecule has 0 saturated carbocycles. The average molecular weight is 381 g/mol. The number of benzene rings is 2. The Bertz CT molecular complexity index is 945. The van der Waals surface area contributed by atoms with Crippen molar-refractivity contribution >= 4 is 29.1 Å². The van der Waals surface area contributed by atoms with E-state index in [0.717, 1.165) is 0 Å². The Morgan fingerprint density at radius 1 is 1.11 bits per heavy atom. The largest absolute Gasteiger partial charge is 0.478 e. The maximum Gasteiger partial charge on any atom is 0.266 e. The first kappa shape index (κ1) is 17.8. The molecule has 144 valence electrons. The van der Waals surface area contributed by atoms with Gasteiger partial charge in [0.15, 0.2) is 12.2 Å². The van der Waals surface area contributed by atoms with Crippen LogP contribution in [-0.2, 0) is 14.4 Å². The third kappa shape index (κ3) is 3.24. The second-order valence-corrected chi connectivity index (χ2v) is 6.49. The van der Waals surface area contributed by atoms with Gasteiger partial charge in [0.1, 0.15) is 11.5 Å². The van der Waals surface area contributed by atoms with Crippen LogP contribution in [0.15, 0.2) is 48.5 Å². The van der Waals surface area contributed by atoms with Crippen molar-refractivity contribution in [2.75, 3.05) is 23.8 Å². The zero-order valence-electron chi connectivity index (χ0n) is 15.2. The van der Waals surface area contributed by atoms with E-state index in [1.54, 1.807) is 48.5 Å². The van der Waals surface area contributed by atoms with Crippen LogP contribution in [0.4, 0.5) is 11.4 Å². The molecule has 8 heteroatoms. The van der Waals surface area contributed by atoms with Gasteiger partial charge in [-0.05, 0) is 24.3 Å². The van der Waals surface area contributed by atoms with Crippen molar-refractivity contribution < 1.29 is 23.9 Å². The van der Waals surface area contributed by atoms with Crippen LogP contribution < -0.4 is 25.0 Å². The summed E-state index contributed by atoms with van der Waals surface area (Å²) < 4.78 is 11.4. The number of likely N-dealkylation sites (N-methyl/N-ethyl adjacent to an activating group) is 1. The van der Waals surface area contributed by atoms with Crippen molar-refractivity contribution in [2.24, 2.45) is 0 Å². The molecule has 0 bridgehead atoms. The number of rotatable bonds is 3. The van der Waals surface area contributed by atoms with E-state index in [1.165, 1.54) is 11.9 Å². The number of para-hydroxylation sites is 4. The highest BCUT2D eigenvalue weighted by Gasteiger charge is 2.36. The van der Waals surface area contributed by atoms with Crippen LogP contribution in [0, 0.1) is 0 Å². The molecule has 0 saturated heterocycles. The minimum absolute atomic E-state index is 0.0560. The fourth-order valence-electron chi connectivity index (χ4n) is 3.26. The predicted octanol–water partition coefficient (Wildman–Crippen LogP) is 1.32. The van der Waals surface area contributed by atoms with E-state index < -0.39 is 12.2 Å². The van der Waals surface area contributed by atoms with Crippen molar-refractivity contribution in [3.63, 3.8) is 0 Å². The molecule has 0 aliphatic carbocycles. The van der Waals surface area contributed by atoms with Crippen molar-refractivity contribution in [3.05, 3.63) is 48.5 Å². The topological polar surface area (TPSA) is 97.0 Å². The number of carbonyl (C=O) groups excluding carboxylic acids is 3. The summed E-state index contributed by atoms with van der Waals surface area (Å²) in [5, 5.41) is 5.28. The molecule has 3 amide bonds. The van der Waals surface area contributed by atoms with E-state index >= 15 is 0 Å². The Hall–Kier alpha value is -3.55. The van der Waals surface area contributed by atoms with Crippen LogP contribution in [0.25, 0.3) is 0 Å². The van der Waals surface area contributed by atoms with E-state index in [2.05, 4.69) is 10.6 Å². The normalized spacial score (nSPS) is 20.0. The molecule has 2 aromatic rings. The molecule has 0 aromatic heterocycles. The minimum Gasteiger partial charge on any atom is -0.478 e. The number of amides is 3. The smallest absolute Gasteiger partial charge is 0.266 e. The van der Waals surface area contributed by atoms with Crippen LogP contribution in [-0.4, -0.2) is 43.5 Å². The summed E-state index contributed by atoms with van der Waals surface area (Å²) in [5.74, 6) is -0.0749. The van der Waals surface area contributed by atoms with Gasteiger partial charge in [0, 0.05) is 7.05 Å². The van der Waals surface area contributed by atoms with Gasteiger partial charge in [0.05, 0.1) is 24.3 Å². The van der Waals surface area contributed by atoms with E-state index in [0.29, 0.717) is 22.9 Å². The molecular weight excluding hydrogens is 362 g/mol. The highest BCUT2D eigenvalue weighted by molar-refractivity contribution is 6.03. The molecule has 0 fully saturated rings. The molecule has 4 rings (SSSR count). The SMILES string of the molecule is CNC(=O)[C@H]1CN(C(=O)C[C@H]2Oc3ccccc3NC2=O)c2ccccc2O1. The van der Waals surface area contributed by atoms with Gasteiger partial charge in [0.2, 0.25) is 5.91 Å². The van der Waals surface area contributed by atoms with E-state index in [1.807, 2.05) is 0 Å². The Kier molecular flexibility index (Phi) is 4.60. The predicted molar refractivity (Wildman–Crippen MR) is 101 cm³/mol. The van der Waals surface area contributed by atoms with Crippen LogP contribution in [0.1, 0.15) is 6.42 Å². The molecule has 28 heavy (non-hydrogen) atoms. The molecule has 0 unspecified atom stereocenters. The van der Waals surface area contributed by atoms with Crippen molar-refractivity contribution in [1.29, 1.82) is 0 Å². The van der Waals surface area contributed by atoms with Crippen LogP contribution >= 0.6 is 0 Å². The number of hydrogen-bond acceptors (Lipinski definition) is 5. The van der Waals surface area contributed by atoms with Gasteiger partial charge in [0.25, 0.3) is 11.8 Å². The van der Waals surface area contributed by atoms with Gasteiger partial charge in [-0.15, -0.1) is 0 Å². The lowest BCUT2D eigenvalue weighted by molar-refractivity contribution is -0.130. The van der Waals surface area contributed by atoms with Crippen molar-refractivity contribution in [2.45, 2.75) is 18.6 Å². The first-order valence-corrected chi connectivity index (χ1v) is 8.91. The lowest BCUT2D eigenvalue weighted by atomic mass is 10.1. The third-order valence-corrected chi connectivity index (χ3v) is 4.68. The van der Waals surface area contributed by atoms with E-state index in [4.69, 9.17) is 9.47 Å². The van der Waals surface area contributed by atoms with Crippen LogP contribution in [0.3, 0.4) is 0 Å². The third-order valence-electron chi connectivity index (χ3n) is 4.68. The monoisotopic (exact) mass is 381 g/mol. The van der Waals surface area contributed by atoms with Crippen molar-refractivity contribution in [1.82, 2.24) is 5.32 Å². The Balaban J connectivity index is 1.55. The molecule has 2 heterocycles. The molecule has 0 radical (unpaired) electrons.